The number of hydrazone groups is 1. The highest BCUT2D eigenvalue weighted by Gasteiger charge is 2.34. The summed E-state index contributed by atoms with van der Waals surface area (Å²) in [5.74, 6) is 1.20. The van der Waals surface area contributed by atoms with Gasteiger partial charge in [0.1, 0.15) is 0 Å². The Labute approximate surface area is 287 Å². The second-order valence-electron chi connectivity index (χ2n) is 11.4. The van der Waals surface area contributed by atoms with Gasteiger partial charge in [-0.15, -0.1) is 21.5 Å². The van der Waals surface area contributed by atoms with Crippen molar-refractivity contribution in [2.24, 2.45) is 5.10 Å². The highest BCUT2D eigenvalue weighted by atomic mass is 32.2. The summed E-state index contributed by atoms with van der Waals surface area (Å²) in [4.78, 5) is 28.1. The summed E-state index contributed by atoms with van der Waals surface area (Å²) in [7, 11) is 3.07. The van der Waals surface area contributed by atoms with Crippen LogP contribution in [0.3, 0.4) is 0 Å². The number of hydrogen-bond acceptors (Lipinski definition) is 9. The van der Waals surface area contributed by atoms with Gasteiger partial charge in [-0.3, -0.25) is 14.2 Å². The fraction of sp³-hybridized carbons (Fsp3) is 0.250. The number of aromatic nitrogens is 3. The lowest BCUT2D eigenvalue weighted by Crippen LogP contribution is -2.28. The lowest BCUT2D eigenvalue weighted by atomic mass is 10.00. The molecule has 1 aliphatic rings. The number of rotatable bonds is 11. The maximum Gasteiger partial charge on any atom is 0.253 e. The number of thiophene rings is 1. The third-order valence-electron chi connectivity index (χ3n) is 8.33. The summed E-state index contributed by atoms with van der Waals surface area (Å²) in [6.07, 6.45) is 0.641. The van der Waals surface area contributed by atoms with Gasteiger partial charge in [-0.2, -0.15) is 5.10 Å². The molecule has 3 heterocycles. The predicted octanol–water partition coefficient (Wildman–Crippen LogP) is 6.67. The zero-order chi connectivity index (χ0) is 33.8. The van der Waals surface area contributed by atoms with Crippen LogP contribution < -0.4 is 14.8 Å². The Morgan fingerprint density at radius 1 is 0.958 bits per heavy atom. The lowest BCUT2D eigenvalue weighted by Gasteiger charge is -2.22. The van der Waals surface area contributed by atoms with Crippen molar-refractivity contribution in [3.63, 3.8) is 0 Å². The smallest absolute Gasteiger partial charge is 0.253 e. The molecule has 1 aliphatic heterocycles. The Balaban J connectivity index is 1.25. The van der Waals surface area contributed by atoms with Crippen molar-refractivity contribution in [1.82, 2.24) is 25.1 Å². The van der Waals surface area contributed by atoms with Crippen LogP contribution in [0.5, 0.6) is 11.5 Å². The minimum Gasteiger partial charge on any atom is -0.493 e. The number of aryl methyl sites for hydroxylation is 2. The number of nitrogens with zero attached hydrogens (tertiary/aromatic N) is 5. The number of benzene rings is 3. The molecular weight excluding hydrogens is 645 g/mol. The molecule has 0 bridgehead atoms. The van der Waals surface area contributed by atoms with Crippen LogP contribution in [0.25, 0.3) is 5.69 Å². The van der Waals surface area contributed by atoms with Crippen LogP contribution >= 0.6 is 23.1 Å². The maximum atomic E-state index is 13.9. The van der Waals surface area contributed by atoms with Gasteiger partial charge >= 0.3 is 0 Å². The first-order valence-corrected chi connectivity index (χ1v) is 17.3. The van der Waals surface area contributed by atoms with Crippen molar-refractivity contribution in [2.45, 2.75) is 44.9 Å². The zero-order valence-electron chi connectivity index (χ0n) is 27.4. The normalized spacial score (nSPS) is 14.1. The third-order valence-corrected chi connectivity index (χ3v) is 10.2. The van der Waals surface area contributed by atoms with Crippen LogP contribution in [-0.2, 0) is 11.3 Å². The Morgan fingerprint density at radius 2 is 1.75 bits per heavy atom. The Hall–Kier alpha value is -4.94. The summed E-state index contributed by atoms with van der Waals surface area (Å²) in [6.45, 7) is 6.24. The lowest BCUT2D eigenvalue weighted by molar-refractivity contribution is -0.130. The summed E-state index contributed by atoms with van der Waals surface area (Å²) in [5, 5.41) is 20.9. The standard InChI is InChI=1S/C36H36N6O4S2/c1-22-11-13-25(14-12-22)29-19-27(32-10-7-17-47-32)40-42(29)34(43)21-48-36-39-38-33(41(36)28-9-6-8-23(2)24(28)3)20-37-35(44)26-15-16-30(45-4)31(18-26)46-5/h6-18,29H,19-21H2,1-5H3,(H,37,44). The predicted molar refractivity (Wildman–Crippen MR) is 189 cm³/mol. The first kappa shape index (κ1) is 33.0. The van der Waals surface area contributed by atoms with Crippen LogP contribution in [0.1, 0.15) is 55.8 Å². The van der Waals surface area contributed by atoms with Gasteiger partial charge in [-0.1, -0.05) is 59.8 Å². The minimum atomic E-state index is -0.300. The van der Waals surface area contributed by atoms with Gasteiger partial charge < -0.3 is 14.8 Å². The van der Waals surface area contributed by atoms with E-state index in [1.165, 1.54) is 18.9 Å². The number of thioether (sulfide) groups is 1. The second-order valence-corrected chi connectivity index (χ2v) is 13.3. The Bertz CT molecular complexity index is 1970. The van der Waals surface area contributed by atoms with E-state index in [9.17, 15) is 9.59 Å². The highest BCUT2D eigenvalue weighted by molar-refractivity contribution is 7.99. The first-order valence-electron chi connectivity index (χ1n) is 15.4. The molecule has 2 aromatic heterocycles. The van der Waals surface area contributed by atoms with E-state index in [0.717, 1.165) is 38.5 Å². The van der Waals surface area contributed by atoms with Crippen molar-refractivity contribution in [1.29, 1.82) is 0 Å². The van der Waals surface area contributed by atoms with Crippen molar-refractivity contribution in [3.8, 4) is 17.2 Å². The van der Waals surface area contributed by atoms with Crippen molar-refractivity contribution in [3.05, 3.63) is 117 Å². The molecule has 1 unspecified atom stereocenters. The number of nitrogens with one attached hydrogen (secondary N) is 1. The largest absolute Gasteiger partial charge is 0.493 e. The summed E-state index contributed by atoms with van der Waals surface area (Å²) in [6, 6.07) is 23.1. The molecule has 48 heavy (non-hydrogen) atoms. The average molecular weight is 681 g/mol. The van der Waals surface area contributed by atoms with E-state index in [1.807, 2.05) is 61.1 Å². The number of carbonyl (C=O) groups is 2. The van der Waals surface area contributed by atoms with E-state index in [2.05, 4.69) is 39.8 Å². The van der Waals surface area contributed by atoms with Crippen molar-refractivity contribution >= 4 is 40.6 Å². The van der Waals surface area contributed by atoms with Crippen molar-refractivity contribution < 1.29 is 19.1 Å². The van der Waals surface area contributed by atoms with Crippen LogP contribution in [0.2, 0.25) is 0 Å². The molecule has 3 aromatic carbocycles. The molecule has 0 saturated heterocycles. The van der Waals surface area contributed by atoms with Gasteiger partial charge in [0, 0.05) is 12.0 Å². The third kappa shape index (κ3) is 6.85. The van der Waals surface area contributed by atoms with E-state index < -0.39 is 0 Å². The first-order chi connectivity index (χ1) is 23.3. The maximum absolute atomic E-state index is 13.9. The number of ether oxygens (including phenoxy) is 2. The van der Waals surface area contributed by atoms with Gasteiger partial charge in [-0.25, -0.2) is 5.01 Å². The van der Waals surface area contributed by atoms with Crippen molar-refractivity contribution in [2.75, 3.05) is 20.0 Å². The number of carbonyl (C=O) groups excluding carboxylic acids is 2. The fourth-order valence-electron chi connectivity index (χ4n) is 5.54. The summed E-state index contributed by atoms with van der Waals surface area (Å²) >= 11 is 2.92. The SMILES string of the molecule is COc1ccc(C(=O)NCc2nnc(SCC(=O)N3N=C(c4cccs4)CC3c3ccc(C)cc3)n2-c2cccc(C)c2C)cc1OC. The number of hydrogen-bond donors (Lipinski definition) is 1. The summed E-state index contributed by atoms with van der Waals surface area (Å²) in [5.41, 5.74) is 6.54. The molecule has 0 spiro atoms. The van der Waals surface area contributed by atoms with E-state index in [-0.39, 0.29) is 30.2 Å². The second kappa shape index (κ2) is 14.4. The monoisotopic (exact) mass is 680 g/mol. The molecule has 0 aliphatic carbocycles. The molecule has 10 nitrogen and oxygen atoms in total. The van der Waals surface area contributed by atoms with E-state index in [1.54, 1.807) is 41.7 Å². The van der Waals surface area contributed by atoms with Crippen LogP contribution in [0, 0.1) is 20.8 Å². The van der Waals surface area contributed by atoms with Gasteiger partial charge in [0.05, 0.1) is 48.8 Å². The van der Waals surface area contributed by atoms with E-state index in [4.69, 9.17) is 14.6 Å². The van der Waals surface area contributed by atoms with E-state index in [0.29, 0.717) is 34.5 Å². The minimum absolute atomic E-state index is 0.102. The fourth-order valence-corrected chi connectivity index (χ4v) is 7.08. The van der Waals surface area contributed by atoms with Gasteiger partial charge in [0.2, 0.25) is 0 Å². The van der Waals surface area contributed by atoms with Gasteiger partial charge in [0.25, 0.3) is 11.8 Å². The summed E-state index contributed by atoms with van der Waals surface area (Å²) < 4.78 is 12.6. The average Bonchev–Trinajstić information content (AvgIpc) is 3.88. The number of methoxy groups -OCH3 is 2. The van der Waals surface area contributed by atoms with E-state index >= 15 is 0 Å². The Morgan fingerprint density at radius 3 is 2.48 bits per heavy atom. The molecule has 6 rings (SSSR count). The van der Waals surface area contributed by atoms with Crippen LogP contribution in [0.15, 0.2) is 88.4 Å². The molecule has 0 fully saturated rings. The molecular formula is C36H36N6O4S2. The molecule has 5 aromatic rings. The van der Waals surface area contributed by atoms with Gasteiger partial charge in [0.15, 0.2) is 22.5 Å². The van der Waals surface area contributed by atoms with Gasteiger partial charge in [-0.05, 0) is 73.2 Å². The van der Waals surface area contributed by atoms with Crippen LogP contribution in [0.4, 0.5) is 0 Å². The van der Waals surface area contributed by atoms with Crippen LogP contribution in [-0.4, -0.2) is 57.3 Å². The molecule has 0 radical (unpaired) electrons. The molecule has 2 amide bonds. The topological polar surface area (TPSA) is 111 Å². The molecule has 1 N–H and O–H groups in total. The number of amides is 2. The molecule has 0 saturated carbocycles. The molecule has 1 atom stereocenters. The quantitative estimate of drug-likeness (QED) is 0.155. The highest BCUT2D eigenvalue weighted by Crippen LogP contribution is 2.35. The molecule has 246 valence electrons. The molecule has 12 heteroatoms. The zero-order valence-corrected chi connectivity index (χ0v) is 29.0. The Kier molecular flexibility index (Phi) is 9.93.